The maximum absolute atomic E-state index is 12.5. The zero-order valence-electron chi connectivity index (χ0n) is 13.9. The second kappa shape index (κ2) is 6.56. The Morgan fingerprint density at radius 2 is 2.08 bits per heavy atom. The van der Waals surface area contributed by atoms with Crippen molar-refractivity contribution in [1.29, 1.82) is 0 Å². The van der Waals surface area contributed by atoms with Gasteiger partial charge in [0.25, 0.3) is 0 Å². The van der Waals surface area contributed by atoms with Crippen LogP contribution in [0.15, 0.2) is 12.1 Å². The van der Waals surface area contributed by atoms with Crippen LogP contribution in [-0.4, -0.2) is 62.1 Å². The van der Waals surface area contributed by atoms with Gasteiger partial charge in [-0.05, 0) is 14.1 Å². The number of likely N-dealkylation sites (N-methyl/N-ethyl adjacent to an activating group) is 1. The third-order valence-electron chi connectivity index (χ3n) is 4.21. The van der Waals surface area contributed by atoms with Crippen molar-refractivity contribution < 1.29 is 19.1 Å². The molecule has 0 spiro atoms. The minimum Gasteiger partial charge on any atom is -0.454 e. The monoisotopic (exact) mass is 334 g/mol. The second-order valence-electron chi connectivity index (χ2n) is 6.33. The topological polar surface area (TPSA) is 97.1 Å². The Morgan fingerprint density at radius 1 is 1.38 bits per heavy atom. The average Bonchev–Trinajstić information content (AvgIpc) is 3.11. The third-order valence-corrected chi connectivity index (χ3v) is 4.21. The van der Waals surface area contributed by atoms with Gasteiger partial charge in [-0.15, -0.1) is 0 Å². The summed E-state index contributed by atoms with van der Waals surface area (Å²) in [6.45, 7) is 1.98. The Balaban J connectivity index is 1.63. The molecular weight excluding hydrogens is 312 g/mol. The predicted octanol–water partition coefficient (Wildman–Crippen LogP) is 0.346. The molecule has 0 bridgehead atoms. The standard InChI is InChI=1S/C16H22N4O4/c1-19(2)3-4-20-8-10(5-15(20)21)16(22)18-12-7-14-13(6-11(12)17)23-9-24-14/h6-7,10H,3-5,8-9,17H2,1-2H3,(H,18,22). The van der Waals surface area contributed by atoms with Crippen LogP contribution >= 0.6 is 0 Å². The molecular formula is C16H22N4O4. The summed E-state index contributed by atoms with van der Waals surface area (Å²) >= 11 is 0. The van der Waals surface area contributed by atoms with Gasteiger partial charge in [0.15, 0.2) is 11.5 Å². The van der Waals surface area contributed by atoms with E-state index >= 15 is 0 Å². The summed E-state index contributed by atoms with van der Waals surface area (Å²) in [4.78, 5) is 28.2. The van der Waals surface area contributed by atoms with E-state index in [9.17, 15) is 9.59 Å². The van der Waals surface area contributed by atoms with Gasteiger partial charge in [-0.3, -0.25) is 9.59 Å². The van der Waals surface area contributed by atoms with Gasteiger partial charge in [-0.1, -0.05) is 0 Å². The van der Waals surface area contributed by atoms with Gasteiger partial charge < -0.3 is 30.3 Å². The lowest BCUT2D eigenvalue weighted by Gasteiger charge is -2.19. The molecule has 8 nitrogen and oxygen atoms in total. The van der Waals surface area contributed by atoms with E-state index in [4.69, 9.17) is 15.2 Å². The van der Waals surface area contributed by atoms with Gasteiger partial charge in [0.2, 0.25) is 18.6 Å². The lowest BCUT2D eigenvalue weighted by Crippen LogP contribution is -2.34. The predicted molar refractivity (Wildman–Crippen MR) is 88.8 cm³/mol. The van der Waals surface area contributed by atoms with Crippen LogP contribution in [0.3, 0.4) is 0 Å². The lowest BCUT2D eigenvalue weighted by atomic mass is 10.1. The van der Waals surface area contributed by atoms with E-state index in [1.807, 2.05) is 19.0 Å². The normalized spacial score (nSPS) is 19.2. The van der Waals surface area contributed by atoms with Crippen molar-refractivity contribution in [3.05, 3.63) is 12.1 Å². The van der Waals surface area contributed by atoms with Crippen LogP contribution in [0.5, 0.6) is 11.5 Å². The number of hydrogen-bond donors (Lipinski definition) is 2. The van der Waals surface area contributed by atoms with Crippen LogP contribution in [0.2, 0.25) is 0 Å². The number of rotatable bonds is 5. The average molecular weight is 334 g/mol. The van der Waals surface area contributed by atoms with Gasteiger partial charge in [-0.25, -0.2) is 0 Å². The molecule has 1 fully saturated rings. The number of nitrogens with one attached hydrogen (secondary N) is 1. The molecule has 130 valence electrons. The van der Waals surface area contributed by atoms with E-state index < -0.39 is 0 Å². The number of nitrogen functional groups attached to an aromatic ring is 1. The van der Waals surface area contributed by atoms with E-state index in [1.54, 1.807) is 17.0 Å². The van der Waals surface area contributed by atoms with Gasteiger partial charge >= 0.3 is 0 Å². The first-order chi connectivity index (χ1) is 11.4. The molecule has 1 atom stereocenters. The largest absolute Gasteiger partial charge is 0.454 e. The molecule has 0 aliphatic carbocycles. The fourth-order valence-electron chi connectivity index (χ4n) is 2.79. The Hall–Kier alpha value is -2.48. The summed E-state index contributed by atoms with van der Waals surface area (Å²) in [5, 5.41) is 2.80. The number of benzene rings is 1. The van der Waals surface area contributed by atoms with Crippen LogP contribution < -0.4 is 20.5 Å². The fraction of sp³-hybridized carbons (Fsp3) is 0.500. The molecule has 0 aromatic heterocycles. The van der Waals surface area contributed by atoms with E-state index in [0.717, 1.165) is 6.54 Å². The highest BCUT2D eigenvalue weighted by atomic mass is 16.7. The number of nitrogens with two attached hydrogens (primary N) is 1. The van der Waals surface area contributed by atoms with Crippen molar-refractivity contribution in [2.45, 2.75) is 6.42 Å². The number of fused-ring (bicyclic) bond motifs is 1. The summed E-state index contributed by atoms with van der Waals surface area (Å²) in [5.41, 5.74) is 6.82. The number of carbonyl (C=O) groups excluding carboxylic acids is 2. The zero-order chi connectivity index (χ0) is 17.3. The molecule has 0 saturated carbocycles. The number of carbonyl (C=O) groups is 2. The molecule has 2 heterocycles. The highest BCUT2D eigenvalue weighted by molar-refractivity contribution is 5.99. The van der Waals surface area contributed by atoms with Crippen molar-refractivity contribution in [2.24, 2.45) is 5.92 Å². The molecule has 1 saturated heterocycles. The molecule has 1 unspecified atom stereocenters. The third kappa shape index (κ3) is 3.38. The smallest absolute Gasteiger partial charge is 0.231 e. The zero-order valence-corrected chi connectivity index (χ0v) is 13.9. The molecule has 3 rings (SSSR count). The van der Waals surface area contributed by atoms with Crippen molar-refractivity contribution >= 4 is 23.2 Å². The molecule has 2 aliphatic rings. The lowest BCUT2D eigenvalue weighted by molar-refractivity contribution is -0.128. The first-order valence-corrected chi connectivity index (χ1v) is 7.86. The molecule has 3 N–H and O–H groups in total. The Kier molecular flexibility index (Phi) is 4.48. The van der Waals surface area contributed by atoms with Gasteiger partial charge in [0.05, 0.1) is 17.3 Å². The molecule has 2 aliphatic heterocycles. The second-order valence-corrected chi connectivity index (χ2v) is 6.33. The minimum absolute atomic E-state index is 0.00987. The van der Waals surface area contributed by atoms with E-state index in [-0.39, 0.29) is 30.9 Å². The molecule has 1 aromatic carbocycles. The highest BCUT2D eigenvalue weighted by Gasteiger charge is 2.34. The fourth-order valence-corrected chi connectivity index (χ4v) is 2.79. The van der Waals surface area contributed by atoms with Gasteiger partial charge in [0, 0.05) is 38.2 Å². The molecule has 24 heavy (non-hydrogen) atoms. The number of amides is 2. The maximum Gasteiger partial charge on any atom is 0.231 e. The SMILES string of the molecule is CN(C)CCN1CC(C(=O)Nc2cc3c(cc2N)OCO3)CC1=O. The van der Waals surface area contributed by atoms with Crippen LogP contribution in [-0.2, 0) is 9.59 Å². The molecule has 0 radical (unpaired) electrons. The van der Waals surface area contributed by atoms with E-state index in [1.165, 1.54) is 0 Å². The Labute approximate surface area is 140 Å². The Morgan fingerprint density at radius 3 is 2.79 bits per heavy atom. The van der Waals surface area contributed by atoms with E-state index in [2.05, 4.69) is 5.32 Å². The number of hydrogen-bond acceptors (Lipinski definition) is 6. The summed E-state index contributed by atoms with van der Waals surface area (Å²) < 4.78 is 10.5. The van der Waals surface area contributed by atoms with Crippen molar-refractivity contribution in [3.8, 4) is 11.5 Å². The Bertz CT molecular complexity index is 662. The molecule has 1 aromatic rings. The van der Waals surface area contributed by atoms with Crippen LogP contribution in [0.25, 0.3) is 0 Å². The minimum atomic E-state index is -0.371. The van der Waals surface area contributed by atoms with Crippen LogP contribution in [0.1, 0.15) is 6.42 Å². The summed E-state index contributed by atoms with van der Waals surface area (Å²) in [6, 6.07) is 3.28. The van der Waals surface area contributed by atoms with Crippen molar-refractivity contribution in [1.82, 2.24) is 9.80 Å². The molecule has 8 heteroatoms. The molecule has 2 amide bonds. The first-order valence-electron chi connectivity index (χ1n) is 7.86. The van der Waals surface area contributed by atoms with Crippen LogP contribution in [0.4, 0.5) is 11.4 Å². The van der Waals surface area contributed by atoms with Crippen molar-refractivity contribution in [2.75, 3.05) is 51.6 Å². The number of likely N-dealkylation sites (tertiary alicyclic amines) is 1. The van der Waals surface area contributed by atoms with Crippen LogP contribution in [0, 0.1) is 5.92 Å². The van der Waals surface area contributed by atoms with E-state index in [0.29, 0.717) is 36.0 Å². The maximum atomic E-state index is 12.5. The van der Waals surface area contributed by atoms with Gasteiger partial charge in [0.1, 0.15) is 0 Å². The summed E-state index contributed by atoms with van der Waals surface area (Å²) in [7, 11) is 3.90. The summed E-state index contributed by atoms with van der Waals surface area (Å²) in [5.74, 6) is 0.549. The summed E-state index contributed by atoms with van der Waals surface area (Å²) in [6.07, 6.45) is 0.226. The van der Waals surface area contributed by atoms with Gasteiger partial charge in [-0.2, -0.15) is 0 Å². The first kappa shape index (κ1) is 16.4. The number of nitrogens with zero attached hydrogens (tertiary/aromatic N) is 2. The number of ether oxygens (including phenoxy) is 2. The van der Waals surface area contributed by atoms with Crippen molar-refractivity contribution in [3.63, 3.8) is 0 Å². The quantitative estimate of drug-likeness (QED) is 0.754. The number of anilines is 2. The highest BCUT2D eigenvalue weighted by Crippen LogP contribution is 2.38.